The number of hydrogen-bond donors (Lipinski definition) is 0. The number of fused-ring (bicyclic) bond motifs is 2. The molecule has 1 aliphatic rings. The van der Waals surface area contributed by atoms with Gasteiger partial charge in [0.25, 0.3) is 0 Å². The van der Waals surface area contributed by atoms with Crippen molar-refractivity contribution >= 4 is 29.1 Å². The van der Waals surface area contributed by atoms with Gasteiger partial charge in [-0.25, -0.2) is 9.37 Å². The number of pyridine rings is 1. The van der Waals surface area contributed by atoms with Gasteiger partial charge >= 0.3 is 0 Å². The molecule has 2 aromatic carbocycles. The Bertz CT molecular complexity index is 1200. The van der Waals surface area contributed by atoms with E-state index >= 15 is 0 Å². The van der Waals surface area contributed by atoms with E-state index in [0.717, 1.165) is 42.1 Å². The molecular weight excluding hydrogens is 397 g/mol. The third-order valence-electron chi connectivity index (χ3n) is 6.19. The quantitative estimate of drug-likeness (QED) is 0.415. The third kappa shape index (κ3) is 3.35. The van der Waals surface area contributed by atoms with Gasteiger partial charge in [-0.1, -0.05) is 54.6 Å². The van der Waals surface area contributed by atoms with Crippen LogP contribution in [0.5, 0.6) is 0 Å². The van der Waals surface area contributed by atoms with Gasteiger partial charge in [-0.05, 0) is 42.5 Å². The predicted molar refractivity (Wildman–Crippen MR) is 123 cm³/mol. The van der Waals surface area contributed by atoms with Gasteiger partial charge in [-0.2, -0.15) is 0 Å². The van der Waals surface area contributed by atoms with Crippen LogP contribution < -0.4 is 4.90 Å². The second kappa shape index (κ2) is 8.11. The number of rotatable bonds is 3. The van der Waals surface area contributed by atoms with Crippen LogP contribution in [-0.2, 0) is 19.5 Å². The fourth-order valence-electron chi connectivity index (χ4n) is 4.50. The van der Waals surface area contributed by atoms with Crippen LogP contribution in [0.3, 0.4) is 0 Å². The SMILES string of the molecule is Cc1c(C)n(Cc2ccccc2)c2c(N3CCc4ccccc4C3)ncc(F)c12.Cl. The largest absolute Gasteiger partial charge is 0.350 e. The summed E-state index contributed by atoms with van der Waals surface area (Å²) in [6.07, 6.45) is 2.37. The van der Waals surface area contributed by atoms with Crippen molar-refractivity contribution in [1.29, 1.82) is 0 Å². The summed E-state index contributed by atoms with van der Waals surface area (Å²) in [5.41, 5.74) is 6.92. The van der Waals surface area contributed by atoms with Crippen LogP contribution in [0.15, 0.2) is 60.8 Å². The smallest absolute Gasteiger partial charge is 0.153 e. The number of halogens is 2. The lowest BCUT2D eigenvalue weighted by Gasteiger charge is -2.30. The summed E-state index contributed by atoms with van der Waals surface area (Å²) in [4.78, 5) is 6.89. The van der Waals surface area contributed by atoms with Crippen molar-refractivity contribution in [2.45, 2.75) is 33.4 Å². The second-order valence-electron chi connectivity index (χ2n) is 7.88. The van der Waals surface area contributed by atoms with Gasteiger partial charge in [0.05, 0.1) is 11.7 Å². The van der Waals surface area contributed by atoms with E-state index in [1.807, 2.05) is 25.1 Å². The number of benzene rings is 2. The molecule has 0 atom stereocenters. The topological polar surface area (TPSA) is 21.1 Å². The van der Waals surface area contributed by atoms with E-state index in [9.17, 15) is 4.39 Å². The summed E-state index contributed by atoms with van der Waals surface area (Å²) in [5.74, 6) is 0.636. The molecule has 5 heteroatoms. The van der Waals surface area contributed by atoms with Crippen molar-refractivity contribution in [3.8, 4) is 0 Å². The zero-order valence-corrected chi connectivity index (χ0v) is 18.0. The van der Waals surface area contributed by atoms with Crippen molar-refractivity contribution in [1.82, 2.24) is 9.55 Å². The molecule has 5 rings (SSSR count). The minimum absolute atomic E-state index is 0. The normalized spacial score (nSPS) is 13.2. The summed E-state index contributed by atoms with van der Waals surface area (Å²) >= 11 is 0. The molecule has 0 amide bonds. The molecular formula is C25H25ClFN3. The van der Waals surface area contributed by atoms with Crippen molar-refractivity contribution in [3.05, 3.63) is 94.6 Å². The van der Waals surface area contributed by atoms with Crippen LogP contribution in [-0.4, -0.2) is 16.1 Å². The molecule has 30 heavy (non-hydrogen) atoms. The molecule has 0 saturated carbocycles. The van der Waals surface area contributed by atoms with Gasteiger partial charge in [0.1, 0.15) is 0 Å². The van der Waals surface area contributed by atoms with Gasteiger partial charge in [0.2, 0.25) is 0 Å². The van der Waals surface area contributed by atoms with Gasteiger partial charge < -0.3 is 9.47 Å². The number of aryl methyl sites for hydroxylation is 1. The first-order valence-electron chi connectivity index (χ1n) is 10.1. The number of nitrogens with zero attached hydrogens (tertiary/aromatic N) is 3. The molecule has 0 spiro atoms. The second-order valence-corrected chi connectivity index (χ2v) is 7.88. The van der Waals surface area contributed by atoms with Gasteiger partial charge in [0.15, 0.2) is 11.6 Å². The minimum atomic E-state index is -0.242. The molecule has 0 bridgehead atoms. The first-order chi connectivity index (χ1) is 14.1. The van der Waals surface area contributed by atoms with Crippen LogP contribution in [0.2, 0.25) is 0 Å². The van der Waals surface area contributed by atoms with Crippen LogP contribution >= 0.6 is 12.4 Å². The lowest BCUT2D eigenvalue weighted by Crippen LogP contribution is -2.31. The lowest BCUT2D eigenvalue weighted by molar-refractivity contribution is 0.631. The minimum Gasteiger partial charge on any atom is -0.350 e. The van der Waals surface area contributed by atoms with Crippen molar-refractivity contribution in [2.75, 3.05) is 11.4 Å². The number of hydrogen-bond acceptors (Lipinski definition) is 2. The van der Waals surface area contributed by atoms with E-state index in [-0.39, 0.29) is 18.2 Å². The molecule has 3 heterocycles. The summed E-state index contributed by atoms with van der Waals surface area (Å²) in [6.45, 7) is 6.49. The molecule has 2 aromatic heterocycles. The Labute approximate surface area is 182 Å². The Morgan fingerprint density at radius 1 is 0.967 bits per heavy atom. The molecule has 0 radical (unpaired) electrons. The number of anilines is 1. The van der Waals surface area contributed by atoms with Crippen molar-refractivity contribution in [3.63, 3.8) is 0 Å². The molecule has 0 saturated heterocycles. The highest BCUT2D eigenvalue weighted by Gasteiger charge is 2.24. The van der Waals surface area contributed by atoms with Crippen LogP contribution in [0.25, 0.3) is 10.9 Å². The molecule has 0 unspecified atom stereocenters. The zero-order chi connectivity index (χ0) is 20.0. The Kier molecular flexibility index (Phi) is 5.52. The van der Waals surface area contributed by atoms with E-state index in [1.54, 1.807) is 0 Å². The average Bonchev–Trinajstić information content (AvgIpc) is 3.00. The molecule has 1 aliphatic heterocycles. The highest BCUT2D eigenvalue weighted by atomic mass is 35.5. The Balaban J connectivity index is 0.00000218. The Morgan fingerprint density at radius 2 is 1.67 bits per heavy atom. The van der Waals surface area contributed by atoms with E-state index in [4.69, 9.17) is 0 Å². The predicted octanol–water partition coefficient (Wildman–Crippen LogP) is 5.83. The molecule has 0 aliphatic carbocycles. The summed E-state index contributed by atoms with van der Waals surface area (Å²) in [6, 6.07) is 18.9. The first-order valence-corrected chi connectivity index (χ1v) is 10.1. The zero-order valence-electron chi connectivity index (χ0n) is 17.2. The van der Waals surface area contributed by atoms with Crippen LogP contribution in [0, 0.1) is 19.7 Å². The fourth-order valence-corrected chi connectivity index (χ4v) is 4.50. The van der Waals surface area contributed by atoms with Crippen molar-refractivity contribution < 1.29 is 4.39 Å². The Hall–Kier alpha value is -2.85. The maximum Gasteiger partial charge on any atom is 0.153 e. The van der Waals surface area contributed by atoms with E-state index in [0.29, 0.717) is 11.9 Å². The summed E-state index contributed by atoms with van der Waals surface area (Å²) < 4.78 is 17.1. The van der Waals surface area contributed by atoms with Gasteiger partial charge in [-0.3, -0.25) is 0 Å². The average molecular weight is 422 g/mol. The first kappa shape index (κ1) is 20.4. The fraction of sp³-hybridized carbons (Fsp3) is 0.240. The highest BCUT2D eigenvalue weighted by molar-refractivity contribution is 5.94. The van der Waals surface area contributed by atoms with Crippen LogP contribution in [0.4, 0.5) is 10.2 Å². The Morgan fingerprint density at radius 3 is 2.43 bits per heavy atom. The maximum absolute atomic E-state index is 14.9. The summed E-state index contributed by atoms with van der Waals surface area (Å²) in [7, 11) is 0. The maximum atomic E-state index is 14.9. The molecule has 3 nitrogen and oxygen atoms in total. The third-order valence-corrected chi connectivity index (χ3v) is 6.19. The van der Waals surface area contributed by atoms with Crippen LogP contribution in [0.1, 0.15) is 27.9 Å². The molecule has 154 valence electrons. The standard InChI is InChI=1S/C25H24FN3.ClH/c1-17-18(2)29(15-19-8-4-3-5-9-19)24-23(17)22(26)14-27-25(24)28-13-12-20-10-6-7-11-21(20)16-28;/h3-11,14H,12-13,15-16H2,1-2H3;1H. The van der Waals surface area contributed by atoms with E-state index in [2.05, 4.69) is 57.8 Å². The van der Waals surface area contributed by atoms with Crippen molar-refractivity contribution in [2.24, 2.45) is 0 Å². The molecule has 0 N–H and O–H groups in total. The number of aromatic nitrogens is 2. The van der Waals surface area contributed by atoms with E-state index in [1.165, 1.54) is 22.9 Å². The van der Waals surface area contributed by atoms with Gasteiger partial charge in [0, 0.05) is 30.7 Å². The summed E-state index contributed by atoms with van der Waals surface area (Å²) in [5, 5.41) is 0.697. The molecule has 0 fully saturated rings. The molecule has 4 aromatic rings. The highest BCUT2D eigenvalue weighted by Crippen LogP contribution is 2.35. The van der Waals surface area contributed by atoms with E-state index < -0.39 is 0 Å². The monoisotopic (exact) mass is 421 g/mol. The lowest BCUT2D eigenvalue weighted by atomic mass is 10.00. The van der Waals surface area contributed by atoms with Gasteiger partial charge in [-0.15, -0.1) is 12.4 Å².